The average molecular weight is 299 g/mol. The molecule has 0 radical (unpaired) electrons. The molecule has 1 N–H and O–H groups in total. The molecule has 0 aliphatic heterocycles. The van der Waals surface area contributed by atoms with Crippen LogP contribution in [0.15, 0.2) is 18.2 Å². The summed E-state index contributed by atoms with van der Waals surface area (Å²) in [4.78, 5) is 34.5. The molecular formula is C14H15ClO5. The van der Waals surface area contributed by atoms with E-state index in [1.54, 1.807) is 6.92 Å². The summed E-state index contributed by atoms with van der Waals surface area (Å²) in [5.41, 5.74) is 0.606. The Morgan fingerprint density at radius 2 is 1.95 bits per heavy atom. The van der Waals surface area contributed by atoms with E-state index < -0.39 is 23.1 Å². The van der Waals surface area contributed by atoms with Gasteiger partial charge < -0.3 is 9.84 Å². The topological polar surface area (TPSA) is 80.7 Å². The zero-order chi connectivity index (χ0) is 15.3. The Morgan fingerprint density at radius 3 is 2.45 bits per heavy atom. The van der Waals surface area contributed by atoms with Crippen molar-refractivity contribution >= 4 is 29.3 Å². The minimum atomic E-state index is -1.02. The summed E-state index contributed by atoms with van der Waals surface area (Å²) in [7, 11) is 0. The Labute approximate surface area is 121 Å². The lowest BCUT2D eigenvalue weighted by atomic mass is 9.98. The van der Waals surface area contributed by atoms with E-state index in [1.807, 2.05) is 0 Å². The highest BCUT2D eigenvalue weighted by atomic mass is 35.5. The zero-order valence-electron chi connectivity index (χ0n) is 11.2. The normalized spacial score (nSPS) is 11.8. The maximum atomic E-state index is 12.0. The van der Waals surface area contributed by atoms with Gasteiger partial charge in [-0.3, -0.25) is 9.59 Å². The van der Waals surface area contributed by atoms with Gasteiger partial charge in [0.15, 0.2) is 5.78 Å². The van der Waals surface area contributed by atoms with Crippen molar-refractivity contribution in [2.24, 2.45) is 0 Å². The number of carboxylic acids is 1. The number of esters is 1. The molecule has 0 aromatic heterocycles. The van der Waals surface area contributed by atoms with Crippen molar-refractivity contribution in [1.29, 1.82) is 0 Å². The van der Waals surface area contributed by atoms with E-state index in [2.05, 4.69) is 0 Å². The highest BCUT2D eigenvalue weighted by Crippen LogP contribution is 2.18. The standard InChI is InChI=1S/C14H15ClO5/c1-3-20-14(19)10-5-4-9(7-12(16)17)6-11(10)13(18)8(2)15/h4-6,8H,3,7H2,1-2H3,(H,16,17). The molecular weight excluding hydrogens is 284 g/mol. The van der Waals surface area contributed by atoms with E-state index >= 15 is 0 Å². The van der Waals surface area contributed by atoms with Crippen molar-refractivity contribution < 1.29 is 24.2 Å². The van der Waals surface area contributed by atoms with E-state index in [-0.39, 0.29) is 24.2 Å². The fourth-order valence-corrected chi connectivity index (χ4v) is 1.80. The molecule has 6 heteroatoms. The molecule has 0 aliphatic rings. The van der Waals surface area contributed by atoms with Crippen LogP contribution in [0.25, 0.3) is 0 Å². The molecule has 0 aliphatic carbocycles. The van der Waals surface area contributed by atoms with Crippen LogP contribution in [-0.4, -0.2) is 34.8 Å². The Bertz CT molecular complexity index is 536. The largest absolute Gasteiger partial charge is 0.481 e. The molecule has 20 heavy (non-hydrogen) atoms. The molecule has 0 saturated heterocycles. The van der Waals surface area contributed by atoms with Crippen LogP contribution in [0, 0.1) is 0 Å². The summed E-state index contributed by atoms with van der Waals surface area (Å²) in [6.45, 7) is 3.32. The van der Waals surface area contributed by atoms with Gasteiger partial charge in [0, 0.05) is 5.56 Å². The van der Waals surface area contributed by atoms with Crippen LogP contribution in [0.4, 0.5) is 0 Å². The van der Waals surface area contributed by atoms with Gasteiger partial charge in [-0.15, -0.1) is 11.6 Å². The van der Waals surface area contributed by atoms with Crippen molar-refractivity contribution in [2.45, 2.75) is 25.6 Å². The zero-order valence-corrected chi connectivity index (χ0v) is 11.9. The van der Waals surface area contributed by atoms with Crippen molar-refractivity contribution in [3.05, 3.63) is 34.9 Å². The third-order valence-corrected chi connectivity index (χ3v) is 2.76. The van der Waals surface area contributed by atoms with E-state index in [0.717, 1.165) is 0 Å². The first-order valence-corrected chi connectivity index (χ1v) is 6.50. The first-order valence-electron chi connectivity index (χ1n) is 6.07. The highest BCUT2D eigenvalue weighted by Gasteiger charge is 2.22. The lowest BCUT2D eigenvalue weighted by Crippen LogP contribution is -2.18. The fraction of sp³-hybridized carbons (Fsp3) is 0.357. The van der Waals surface area contributed by atoms with Gasteiger partial charge in [-0.2, -0.15) is 0 Å². The number of halogens is 1. The summed E-state index contributed by atoms with van der Waals surface area (Å²) >= 11 is 5.76. The van der Waals surface area contributed by atoms with Crippen molar-refractivity contribution in [2.75, 3.05) is 6.61 Å². The van der Waals surface area contributed by atoms with Crippen LogP contribution in [0.1, 0.15) is 40.1 Å². The molecule has 1 atom stereocenters. The Hall–Kier alpha value is -1.88. The molecule has 0 saturated carbocycles. The van der Waals surface area contributed by atoms with Crippen LogP contribution in [0.3, 0.4) is 0 Å². The lowest BCUT2D eigenvalue weighted by Gasteiger charge is -2.11. The summed E-state index contributed by atoms with van der Waals surface area (Å²) in [5.74, 6) is -2.09. The van der Waals surface area contributed by atoms with Crippen LogP contribution in [-0.2, 0) is 16.0 Å². The second-order valence-electron chi connectivity index (χ2n) is 4.15. The first-order chi connectivity index (χ1) is 9.36. The first kappa shape index (κ1) is 16.2. The van der Waals surface area contributed by atoms with Crippen LogP contribution < -0.4 is 0 Å². The van der Waals surface area contributed by atoms with Crippen molar-refractivity contribution in [3.8, 4) is 0 Å². The average Bonchev–Trinajstić information content (AvgIpc) is 2.37. The predicted octanol–water partition coefficient (Wildman–Crippen LogP) is 2.30. The molecule has 1 aromatic carbocycles. The number of hydrogen-bond acceptors (Lipinski definition) is 4. The molecule has 5 nitrogen and oxygen atoms in total. The van der Waals surface area contributed by atoms with E-state index in [4.69, 9.17) is 21.4 Å². The third-order valence-electron chi connectivity index (χ3n) is 2.56. The molecule has 0 bridgehead atoms. The monoisotopic (exact) mass is 298 g/mol. The van der Waals surface area contributed by atoms with Gasteiger partial charge in [0.05, 0.1) is 24.0 Å². The number of carbonyl (C=O) groups is 3. The second-order valence-corrected chi connectivity index (χ2v) is 4.81. The highest BCUT2D eigenvalue weighted by molar-refractivity contribution is 6.34. The van der Waals surface area contributed by atoms with Gasteiger partial charge in [-0.05, 0) is 31.5 Å². The molecule has 0 heterocycles. The summed E-state index contributed by atoms with van der Waals surface area (Å²) in [6, 6.07) is 4.25. The van der Waals surface area contributed by atoms with E-state index in [9.17, 15) is 14.4 Å². The Balaban J connectivity index is 3.26. The quantitative estimate of drug-likeness (QED) is 0.495. The van der Waals surface area contributed by atoms with Gasteiger partial charge in [0.2, 0.25) is 0 Å². The predicted molar refractivity (Wildman–Crippen MR) is 73.4 cm³/mol. The Morgan fingerprint density at radius 1 is 1.30 bits per heavy atom. The van der Waals surface area contributed by atoms with Crippen molar-refractivity contribution in [3.63, 3.8) is 0 Å². The number of carboxylic acid groups (broad SMARTS) is 1. The maximum Gasteiger partial charge on any atom is 0.338 e. The van der Waals surface area contributed by atoms with Crippen molar-refractivity contribution in [1.82, 2.24) is 0 Å². The van der Waals surface area contributed by atoms with E-state index in [0.29, 0.717) is 5.56 Å². The molecule has 1 rings (SSSR count). The fourth-order valence-electron chi connectivity index (χ4n) is 1.68. The smallest absolute Gasteiger partial charge is 0.338 e. The summed E-state index contributed by atoms with van der Waals surface area (Å²) < 4.78 is 4.87. The number of Topliss-reactive ketones (excluding diaryl/α,β-unsaturated/α-hetero) is 1. The third kappa shape index (κ3) is 4.06. The SMILES string of the molecule is CCOC(=O)c1ccc(CC(=O)O)cc1C(=O)C(C)Cl. The maximum absolute atomic E-state index is 12.0. The molecule has 1 unspecified atom stereocenters. The number of ketones is 1. The number of carbonyl (C=O) groups excluding carboxylic acids is 2. The number of alkyl halides is 1. The number of ether oxygens (including phenoxy) is 1. The molecule has 0 spiro atoms. The van der Waals surface area contributed by atoms with Gasteiger partial charge >= 0.3 is 11.9 Å². The summed E-state index contributed by atoms with van der Waals surface area (Å²) in [5, 5.41) is 7.95. The lowest BCUT2D eigenvalue weighted by molar-refractivity contribution is -0.136. The van der Waals surface area contributed by atoms with Crippen LogP contribution in [0.2, 0.25) is 0 Å². The van der Waals surface area contributed by atoms with Crippen LogP contribution >= 0.6 is 11.6 Å². The van der Waals surface area contributed by atoms with Gasteiger partial charge in [-0.25, -0.2) is 4.79 Å². The number of aliphatic carboxylic acids is 1. The van der Waals surface area contributed by atoms with Gasteiger partial charge in [0.25, 0.3) is 0 Å². The molecule has 0 amide bonds. The summed E-state index contributed by atoms with van der Waals surface area (Å²) in [6.07, 6.45) is -0.236. The number of hydrogen-bond donors (Lipinski definition) is 1. The molecule has 108 valence electrons. The van der Waals surface area contributed by atoms with Crippen LogP contribution in [0.5, 0.6) is 0 Å². The number of rotatable bonds is 6. The number of benzene rings is 1. The Kier molecular flexibility index (Phi) is 5.70. The second kappa shape index (κ2) is 7.05. The minimum Gasteiger partial charge on any atom is -0.481 e. The van der Waals surface area contributed by atoms with Gasteiger partial charge in [0.1, 0.15) is 0 Å². The molecule has 1 aromatic rings. The van der Waals surface area contributed by atoms with E-state index in [1.165, 1.54) is 25.1 Å². The minimum absolute atomic E-state index is 0.0877. The molecule has 0 fully saturated rings. The van der Waals surface area contributed by atoms with Gasteiger partial charge in [-0.1, -0.05) is 6.07 Å².